The van der Waals surface area contributed by atoms with Crippen molar-refractivity contribution in [3.8, 4) is 0 Å². The Morgan fingerprint density at radius 3 is 2.47 bits per heavy atom. The molecular formula is C10H15NO5S. The maximum absolute atomic E-state index is 11.4. The van der Waals surface area contributed by atoms with Gasteiger partial charge in [-0.15, -0.1) is 0 Å². The number of carboxylic acid groups (broad SMARTS) is 1. The molecule has 6 nitrogen and oxygen atoms in total. The molecule has 0 spiro atoms. The number of imide groups is 1. The van der Waals surface area contributed by atoms with Crippen LogP contribution in [0.3, 0.4) is 0 Å². The SMILES string of the molecule is CC(C)(C)OC[C@@H](C(=O)O)N1C(=O)CSC1=O. The predicted molar refractivity (Wildman–Crippen MR) is 61.8 cm³/mol. The maximum Gasteiger partial charge on any atom is 0.329 e. The highest BCUT2D eigenvalue weighted by Crippen LogP contribution is 2.22. The van der Waals surface area contributed by atoms with Gasteiger partial charge in [0, 0.05) is 0 Å². The lowest BCUT2D eigenvalue weighted by atomic mass is 10.2. The lowest BCUT2D eigenvalue weighted by molar-refractivity contribution is -0.150. The number of amides is 2. The van der Waals surface area contributed by atoms with Crippen LogP contribution in [0.1, 0.15) is 20.8 Å². The molecule has 0 aromatic carbocycles. The average Bonchev–Trinajstić information content (AvgIpc) is 2.47. The minimum Gasteiger partial charge on any atom is -0.480 e. The quantitative estimate of drug-likeness (QED) is 0.811. The first-order valence-electron chi connectivity index (χ1n) is 5.08. The Kier molecular flexibility index (Phi) is 4.16. The molecule has 1 N–H and O–H groups in total. The molecule has 1 fully saturated rings. The highest BCUT2D eigenvalue weighted by molar-refractivity contribution is 8.14. The molecule has 0 unspecified atom stereocenters. The van der Waals surface area contributed by atoms with Gasteiger partial charge in [-0.3, -0.25) is 14.5 Å². The topological polar surface area (TPSA) is 83.9 Å². The summed E-state index contributed by atoms with van der Waals surface area (Å²) >= 11 is 0.811. The van der Waals surface area contributed by atoms with Crippen LogP contribution < -0.4 is 0 Å². The molecule has 1 aliphatic heterocycles. The molecule has 2 amide bonds. The molecule has 0 aromatic rings. The molecule has 17 heavy (non-hydrogen) atoms. The van der Waals surface area contributed by atoms with E-state index in [4.69, 9.17) is 9.84 Å². The molecule has 1 aliphatic rings. The average molecular weight is 261 g/mol. The van der Waals surface area contributed by atoms with E-state index in [2.05, 4.69) is 0 Å². The summed E-state index contributed by atoms with van der Waals surface area (Å²) in [4.78, 5) is 34.6. The van der Waals surface area contributed by atoms with Crippen LogP contribution in [0.4, 0.5) is 4.79 Å². The highest BCUT2D eigenvalue weighted by Gasteiger charge is 2.40. The lowest BCUT2D eigenvalue weighted by Gasteiger charge is -2.26. The predicted octanol–water partition coefficient (Wildman–Crippen LogP) is 0.950. The van der Waals surface area contributed by atoms with E-state index in [-0.39, 0.29) is 12.4 Å². The van der Waals surface area contributed by atoms with Crippen molar-refractivity contribution in [2.45, 2.75) is 32.4 Å². The van der Waals surface area contributed by atoms with E-state index in [1.807, 2.05) is 0 Å². The summed E-state index contributed by atoms with van der Waals surface area (Å²) in [5.74, 6) is -1.72. The molecular weight excluding hydrogens is 246 g/mol. The van der Waals surface area contributed by atoms with E-state index in [0.717, 1.165) is 16.7 Å². The first-order chi connectivity index (χ1) is 7.72. The number of carboxylic acids is 1. The van der Waals surface area contributed by atoms with Crippen LogP contribution in [0.5, 0.6) is 0 Å². The van der Waals surface area contributed by atoms with Crippen molar-refractivity contribution < 1.29 is 24.2 Å². The van der Waals surface area contributed by atoms with Gasteiger partial charge in [0.05, 0.1) is 18.0 Å². The number of nitrogens with zero attached hydrogens (tertiary/aromatic N) is 1. The third-order valence-electron chi connectivity index (χ3n) is 2.06. The van der Waals surface area contributed by atoms with Gasteiger partial charge in [0.15, 0.2) is 6.04 Å². The number of hydrogen-bond acceptors (Lipinski definition) is 5. The zero-order valence-corrected chi connectivity index (χ0v) is 10.7. The van der Waals surface area contributed by atoms with Crippen LogP contribution in [0.25, 0.3) is 0 Å². The van der Waals surface area contributed by atoms with Crippen LogP contribution in [0.15, 0.2) is 0 Å². The number of rotatable bonds is 4. The molecule has 0 radical (unpaired) electrons. The van der Waals surface area contributed by atoms with Crippen molar-refractivity contribution in [2.75, 3.05) is 12.4 Å². The van der Waals surface area contributed by atoms with Crippen LogP contribution in [0.2, 0.25) is 0 Å². The Morgan fingerprint density at radius 1 is 1.53 bits per heavy atom. The van der Waals surface area contributed by atoms with Gasteiger partial charge < -0.3 is 9.84 Å². The number of thioether (sulfide) groups is 1. The van der Waals surface area contributed by atoms with Gasteiger partial charge in [0.1, 0.15) is 0 Å². The van der Waals surface area contributed by atoms with Crippen molar-refractivity contribution in [1.82, 2.24) is 4.90 Å². The Balaban J connectivity index is 2.76. The minimum absolute atomic E-state index is 0.00185. The van der Waals surface area contributed by atoms with E-state index in [1.165, 1.54) is 0 Å². The van der Waals surface area contributed by atoms with Crippen molar-refractivity contribution >= 4 is 28.9 Å². The first kappa shape index (κ1) is 14.0. The smallest absolute Gasteiger partial charge is 0.329 e. The fourth-order valence-corrected chi connectivity index (χ4v) is 2.00. The molecule has 7 heteroatoms. The second-order valence-electron chi connectivity index (χ2n) is 4.60. The second kappa shape index (κ2) is 5.05. The fraction of sp³-hybridized carbons (Fsp3) is 0.700. The van der Waals surface area contributed by atoms with E-state index in [9.17, 15) is 14.4 Å². The minimum atomic E-state index is -1.25. The van der Waals surface area contributed by atoms with E-state index in [0.29, 0.717) is 0 Å². The Morgan fingerprint density at radius 2 is 2.12 bits per heavy atom. The molecule has 0 aliphatic carbocycles. The summed E-state index contributed by atoms with van der Waals surface area (Å²) in [6, 6.07) is -1.25. The number of ether oxygens (including phenoxy) is 1. The van der Waals surface area contributed by atoms with Crippen molar-refractivity contribution in [3.05, 3.63) is 0 Å². The summed E-state index contributed by atoms with van der Waals surface area (Å²) < 4.78 is 5.33. The van der Waals surface area contributed by atoms with Crippen LogP contribution in [-0.4, -0.2) is 51.1 Å². The zero-order valence-electron chi connectivity index (χ0n) is 9.93. The van der Waals surface area contributed by atoms with Gasteiger partial charge in [-0.25, -0.2) is 4.79 Å². The van der Waals surface area contributed by atoms with Gasteiger partial charge in [-0.1, -0.05) is 11.8 Å². The normalized spacial score (nSPS) is 18.6. The van der Waals surface area contributed by atoms with Crippen LogP contribution in [0, 0.1) is 0 Å². The number of carbonyl (C=O) groups excluding carboxylic acids is 2. The van der Waals surface area contributed by atoms with Gasteiger partial charge in [-0.2, -0.15) is 0 Å². The van der Waals surface area contributed by atoms with Gasteiger partial charge >= 0.3 is 5.97 Å². The molecule has 1 heterocycles. The third-order valence-corrected chi connectivity index (χ3v) is 2.89. The van der Waals surface area contributed by atoms with Crippen molar-refractivity contribution in [1.29, 1.82) is 0 Å². The molecule has 0 bridgehead atoms. The lowest BCUT2D eigenvalue weighted by Crippen LogP contribution is -2.48. The fourth-order valence-electron chi connectivity index (χ4n) is 1.25. The Bertz CT molecular complexity index is 333. The third kappa shape index (κ3) is 3.71. The summed E-state index contributed by atoms with van der Waals surface area (Å²) in [6.45, 7) is 5.12. The van der Waals surface area contributed by atoms with Crippen LogP contribution >= 0.6 is 11.8 Å². The Labute approximate surface area is 103 Å². The largest absolute Gasteiger partial charge is 0.480 e. The molecule has 96 valence electrons. The van der Waals surface area contributed by atoms with Gasteiger partial charge in [-0.05, 0) is 20.8 Å². The first-order valence-corrected chi connectivity index (χ1v) is 6.06. The van der Waals surface area contributed by atoms with Gasteiger partial charge in [0.25, 0.3) is 5.24 Å². The van der Waals surface area contributed by atoms with Crippen LogP contribution in [-0.2, 0) is 14.3 Å². The van der Waals surface area contributed by atoms with Crippen molar-refractivity contribution in [2.24, 2.45) is 0 Å². The van der Waals surface area contributed by atoms with E-state index in [1.54, 1.807) is 20.8 Å². The zero-order chi connectivity index (χ0) is 13.2. The summed E-state index contributed by atoms with van der Waals surface area (Å²) in [5, 5.41) is 8.50. The standard InChI is InChI=1S/C10H15NO5S/c1-10(2,3)16-4-6(8(13)14)11-7(12)5-17-9(11)15/h6H,4-5H2,1-3H3,(H,13,14)/t6-/m0/s1. The summed E-state index contributed by atoms with van der Waals surface area (Å²) in [6.07, 6.45) is 0. The number of carbonyl (C=O) groups is 3. The Hall–Kier alpha value is -1.08. The van der Waals surface area contributed by atoms with E-state index >= 15 is 0 Å². The second-order valence-corrected chi connectivity index (χ2v) is 5.52. The molecule has 1 atom stereocenters. The van der Waals surface area contributed by atoms with Crippen molar-refractivity contribution in [3.63, 3.8) is 0 Å². The van der Waals surface area contributed by atoms with Gasteiger partial charge in [0.2, 0.25) is 5.91 Å². The molecule has 1 rings (SSSR count). The summed E-state index contributed by atoms with van der Waals surface area (Å²) in [5.41, 5.74) is -0.521. The number of hydrogen-bond donors (Lipinski definition) is 1. The highest BCUT2D eigenvalue weighted by atomic mass is 32.2. The maximum atomic E-state index is 11.4. The summed E-state index contributed by atoms with van der Waals surface area (Å²) in [7, 11) is 0. The molecule has 1 saturated heterocycles. The van der Waals surface area contributed by atoms with E-state index < -0.39 is 28.8 Å². The molecule has 0 saturated carbocycles. The number of aliphatic carboxylic acids is 1. The molecule has 0 aromatic heterocycles. The monoisotopic (exact) mass is 261 g/mol.